The van der Waals surface area contributed by atoms with Crippen LogP contribution in [0.25, 0.3) is 0 Å². The number of thiophene rings is 1. The highest BCUT2D eigenvalue weighted by molar-refractivity contribution is 7.08. The van der Waals surface area contributed by atoms with E-state index in [0.717, 1.165) is 5.56 Å². The maximum atomic E-state index is 13.8. The number of aliphatic carboxylic acids is 1. The topological polar surface area (TPSA) is 57.6 Å². The van der Waals surface area contributed by atoms with Crippen molar-refractivity contribution in [2.45, 2.75) is 25.3 Å². The van der Waals surface area contributed by atoms with Crippen LogP contribution in [0.1, 0.15) is 30.0 Å². The van der Waals surface area contributed by atoms with Crippen molar-refractivity contribution in [2.24, 2.45) is 5.92 Å². The summed E-state index contributed by atoms with van der Waals surface area (Å²) in [7, 11) is 0. The third-order valence-corrected chi connectivity index (χ3v) is 5.19. The molecule has 0 radical (unpaired) electrons. The Labute approximate surface area is 143 Å². The van der Waals surface area contributed by atoms with Gasteiger partial charge in [0, 0.05) is 13.0 Å². The number of rotatable bonds is 5. The highest BCUT2D eigenvalue weighted by Gasteiger charge is 2.40. The summed E-state index contributed by atoms with van der Waals surface area (Å²) < 4.78 is 13.8. The Morgan fingerprint density at radius 2 is 2.12 bits per heavy atom. The Morgan fingerprint density at radius 3 is 2.79 bits per heavy atom. The van der Waals surface area contributed by atoms with Crippen LogP contribution in [0.15, 0.2) is 41.1 Å². The lowest BCUT2D eigenvalue weighted by molar-refractivity contribution is -0.152. The lowest BCUT2D eigenvalue weighted by Crippen LogP contribution is -2.46. The zero-order valence-corrected chi connectivity index (χ0v) is 13.8. The maximum Gasteiger partial charge on any atom is 0.308 e. The molecule has 3 rings (SSSR count). The van der Waals surface area contributed by atoms with Gasteiger partial charge in [-0.15, -0.1) is 0 Å². The molecule has 2 atom stereocenters. The molecule has 6 heteroatoms. The molecule has 2 aromatic rings. The highest BCUT2D eigenvalue weighted by atomic mass is 32.1. The minimum atomic E-state index is -0.894. The van der Waals surface area contributed by atoms with Gasteiger partial charge in [0.25, 0.3) is 0 Å². The summed E-state index contributed by atoms with van der Waals surface area (Å²) in [5.74, 6) is -1.89. The predicted octanol–water partition coefficient (Wildman–Crippen LogP) is 3.49. The minimum Gasteiger partial charge on any atom is -0.481 e. The average molecular weight is 347 g/mol. The van der Waals surface area contributed by atoms with Gasteiger partial charge in [0.1, 0.15) is 5.82 Å². The number of benzene rings is 1. The molecule has 0 aliphatic carbocycles. The smallest absolute Gasteiger partial charge is 0.308 e. The second-order valence-corrected chi connectivity index (χ2v) is 6.69. The Balaban J connectivity index is 1.85. The van der Waals surface area contributed by atoms with Crippen LogP contribution in [0, 0.1) is 11.7 Å². The monoisotopic (exact) mass is 347 g/mol. The Bertz CT molecular complexity index is 732. The van der Waals surface area contributed by atoms with E-state index in [2.05, 4.69) is 0 Å². The number of likely N-dealkylation sites (tertiary alicyclic amines) is 1. The molecule has 1 amide bonds. The Kier molecular flexibility index (Phi) is 4.94. The molecule has 1 aliphatic rings. The van der Waals surface area contributed by atoms with Gasteiger partial charge in [-0.05, 0) is 46.9 Å². The second kappa shape index (κ2) is 7.13. The van der Waals surface area contributed by atoms with Gasteiger partial charge < -0.3 is 10.0 Å². The van der Waals surface area contributed by atoms with Crippen LogP contribution in [0.3, 0.4) is 0 Å². The number of carboxylic acid groups (broad SMARTS) is 1. The molecule has 2 heterocycles. The van der Waals surface area contributed by atoms with Crippen molar-refractivity contribution >= 4 is 23.2 Å². The van der Waals surface area contributed by atoms with E-state index >= 15 is 0 Å². The molecule has 24 heavy (non-hydrogen) atoms. The Hall–Kier alpha value is -2.21. The number of halogens is 1. The molecule has 0 spiro atoms. The third kappa shape index (κ3) is 3.33. The molecular formula is C18H18FNO3S. The van der Waals surface area contributed by atoms with Gasteiger partial charge in [-0.2, -0.15) is 11.3 Å². The van der Waals surface area contributed by atoms with Crippen molar-refractivity contribution in [3.63, 3.8) is 0 Å². The fourth-order valence-electron chi connectivity index (χ4n) is 3.27. The van der Waals surface area contributed by atoms with Crippen LogP contribution < -0.4 is 0 Å². The molecule has 1 aliphatic heterocycles. The number of hydrogen-bond acceptors (Lipinski definition) is 3. The van der Waals surface area contributed by atoms with E-state index in [-0.39, 0.29) is 18.1 Å². The van der Waals surface area contributed by atoms with Crippen molar-refractivity contribution in [3.8, 4) is 0 Å². The van der Waals surface area contributed by atoms with E-state index in [9.17, 15) is 19.1 Å². The van der Waals surface area contributed by atoms with Gasteiger partial charge in [0.05, 0.1) is 12.0 Å². The van der Waals surface area contributed by atoms with Gasteiger partial charge in [0.2, 0.25) is 5.91 Å². The largest absolute Gasteiger partial charge is 0.481 e. The summed E-state index contributed by atoms with van der Waals surface area (Å²) in [6.07, 6.45) is 0.922. The fourth-order valence-corrected chi connectivity index (χ4v) is 3.96. The summed E-state index contributed by atoms with van der Waals surface area (Å²) in [5, 5.41) is 13.3. The lowest BCUT2D eigenvalue weighted by atomic mass is 9.85. The zero-order valence-electron chi connectivity index (χ0n) is 13.0. The van der Waals surface area contributed by atoms with E-state index in [1.165, 1.54) is 17.4 Å². The van der Waals surface area contributed by atoms with E-state index in [4.69, 9.17) is 0 Å². The van der Waals surface area contributed by atoms with Crippen molar-refractivity contribution < 1.29 is 19.1 Å². The van der Waals surface area contributed by atoms with Crippen molar-refractivity contribution in [1.29, 1.82) is 0 Å². The van der Waals surface area contributed by atoms with Gasteiger partial charge in [-0.1, -0.05) is 18.2 Å². The zero-order chi connectivity index (χ0) is 17.1. The van der Waals surface area contributed by atoms with Crippen LogP contribution in [0.5, 0.6) is 0 Å². The molecule has 1 aromatic carbocycles. The fraction of sp³-hybridized carbons (Fsp3) is 0.333. The number of piperidine rings is 1. The number of amides is 1. The maximum absolute atomic E-state index is 13.8. The van der Waals surface area contributed by atoms with E-state index in [1.54, 1.807) is 23.1 Å². The van der Waals surface area contributed by atoms with Crippen molar-refractivity contribution in [2.75, 3.05) is 6.54 Å². The molecule has 1 N–H and O–H groups in total. The summed E-state index contributed by atoms with van der Waals surface area (Å²) in [6.45, 7) is 0.310. The number of carbonyl (C=O) groups excluding carboxylic acids is 1. The summed E-state index contributed by atoms with van der Waals surface area (Å²) in [5.41, 5.74) is 1.38. The first-order valence-corrected chi connectivity index (χ1v) is 8.80. The third-order valence-electron chi connectivity index (χ3n) is 4.49. The average Bonchev–Trinajstić information content (AvgIpc) is 3.08. The molecular weight excluding hydrogens is 329 g/mol. The van der Waals surface area contributed by atoms with Gasteiger partial charge in [0.15, 0.2) is 0 Å². The number of carbonyl (C=O) groups is 2. The van der Waals surface area contributed by atoms with Crippen molar-refractivity contribution in [3.05, 3.63) is 58.0 Å². The molecule has 1 saturated heterocycles. The van der Waals surface area contributed by atoms with Crippen LogP contribution in [0.4, 0.5) is 4.39 Å². The molecule has 4 nitrogen and oxygen atoms in total. The molecule has 1 fully saturated rings. The first kappa shape index (κ1) is 16.6. The van der Waals surface area contributed by atoms with E-state index in [1.807, 2.05) is 16.8 Å². The molecule has 0 unspecified atom stereocenters. The van der Waals surface area contributed by atoms with Crippen LogP contribution >= 0.6 is 11.3 Å². The first-order chi connectivity index (χ1) is 11.6. The molecule has 0 saturated carbocycles. The molecule has 0 bridgehead atoms. The number of nitrogens with zero attached hydrogens (tertiary/aromatic N) is 1. The normalized spacial score (nSPS) is 21.0. The summed E-state index contributed by atoms with van der Waals surface area (Å²) in [6, 6.07) is 7.84. The van der Waals surface area contributed by atoms with Gasteiger partial charge in [-0.3, -0.25) is 9.59 Å². The number of carboxylic acids is 1. The van der Waals surface area contributed by atoms with E-state index in [0.29, 0.717) is 24.9 Å². The van der Waals surface area contributed by atoms with Crippen LogP contribution in [-0.2, 0) is 16.0 Å². The summed E-state index contributed by atoms with van der Waals surface area (Å²) in [4.78, 5) is 25.7. The number of hydrogen-bond donors (Lipinski definition) is 1. The second-order valence-electron chi connectivity index (χ2n) is 5.91. The summed E-state index contributed by atoms with van der Waals surface area (Å²) >= 11 is 1.48. The lowest BCUT2D eigenvalue weighted by Gasteiger charge is -2.39. The molecule has 1 aromatic heterocycles. The SMILES string of the molecule is O=C(O)[C@@H]1CCC(=O)N(CCc2ccccc2F)[C@H]1c1ccsc1. The predicted molar refractivity (Wildman–Crippen MR) is 89.2 cm³/mol. The van der Waals surface area contributed by atoms with Crippen LogP contribution in [0.2, 0.25) is 0 Å². The first-order valence-electron chi connectivity index (χ1n) is 7.85. The standard InChI is InChI=1S/C18H18FNO3S/c19-15-4-2-1-3-12(15)7-9-20-16(21)6-5-14(18(22)23)17(20)13-8-10-24-11-13/h1-4,8,10-11,14,17H,5-7,9H2,(H,22,23)/t14-,17+/m1/s1. The highest BCUT2D eigenvalue weighted by Crippen LogP contribution is 2.37. The van der Waals surface area contributed by atoms with Crippen LogP contribution in [-0.4, -0.2) is 28.4 Å². The van der Waals surface area contributed by atoms with Gasteiger partial charge >= 0.3 is 5.97 Å². The Morgan fingerprint density at radius 1 is 1.33 bits per heavy atom. The molecule has 126 valence electrons. The van der Waals surface area contributed by atoms with Gasteiger partial charge in [-0.25, -0.2) is 4.39 Å². The van der Waals surface area contributed by atoms with E-state index < -0.39 is 17.9 Å². The quantitative estimate of drug-likeness (QED) is 0.901. The van der Waals surface area contributed by atoms with Crippen molar-refractivity contribution in [1.82, 2.24) is 4.90 Å². The minimum absolute atomic E-state index is 0.0694.